The molecule has 0 aliphatic rings. The molecule has 0 spiro atoms. The van der Waals surface area contributed by atoms with Gasteiger partial charge in [0.25, 0.3) is 0 Å². The van der Waals surface area contributed by atoms with Gasteiger partial charge in [-0.2, -0.15) is 0 Å². The minimum absolute atomic E-state index is 0.0195. The molecule has 0 saturated heterocycles. The lowest BCUT2D eigenvalue weighted by Gasteiger charge is -2.14. The summed E-state index contributed by atoms with van der Waals surface area (Å²) in [5.41, 5.74) is 0.0195. The lowest BCUT2D eigenvalue weighted by molar-refractivity contribution is -0.135. The molecule has 0 aromatic rings. The summed E-state index contributed by atoms with van der Waals surface area (Å²) in [6.45, 7) is 3.96. The van der Waals surface area contributed by atoms with E-state index in [9.17, 15) is 9.59 Å². The Hall–Kier alpha value is -1.32. The maximum Gasteiger partial charge on any atom is 0.332 e. The number of carboxylic acid groups (broad SMARTS) is 2. The van der Waals surface area contributed by atoms with E-state index >= 15 is 0 Å². The topological polar surface area (TPSA) is 74.6 Å². The number of hydrogen-bond acceptors (Lipinski definition) is 2. The molecule has 1 unspecified atom stereocenters. The third-order valence-corrected chi connectivity index (χ3v) is 2.61. The van der Waals surface area contributed by atoms with E-state index in [2.05, 4.69) is 6.92 Å². The van der Waals surface area contributed by atoms with Crippen LogP contribution in [0.5, 0.6) is 0 Å². The zero-order valence-electron chi connectivity index (χ0n) is 9.90. The van der Waals surface area contributed by atoms with Crippen molar-refractivity contribution in [3.05, 3.63) is 11.6 Å². The van der Waals surface area contributed by atoms with Crippen LogP contribution in [-0.2, 0) is 9.59 Å². The lowest BCUT2D eigenvalue weighted by atomic mass is 9.90. The number of hydrogen-bond donors (Lipinski definition) is 2. The van der Waals surface area contributed by atoms with E-state index in [-0.39, 0.29) is 11.5 Å². The fourth-order valence-electron chi connectivity index (χ4n) is 1.71. The van der Waals surface area contributed by atoms with Crippen LogP contribution >= 0.6 is 0 Å². The van der Waals surface area contributed by atoms with Crippen LogP contribution in [0.4, 0.5) is 0 Å². The van der Waals surface area contributed by atoms with Crippen LogP contribution in [-0.4, -0.2) is 22.2 Å². The summed E-state index contributed by atoms with van der Waals surface area (Å²) in [4.78, 5) is 21.5. The van der Waals surface area contributed by atoms with Crippen LogP contribution in [0, 0.1) is 5.92 Å². The summed E-state index contributed by atoms with van der Waals surface area (Å²) in [5, 5.41) is 17.6. The molecule has 4 heteroatoms. The van der Waals surface area contributed by atoms with E-state index in [1.54, 1.807) is 0 Å². The molecule has 92 valence electrons. The smallest absolute Gasteiger partial charge is 0.332 e. The minimum Gasteiger partial charge on any atom is -0.478 e. The first kappa shape index (κ1) is 14.7. The van der Waals surface area contributed by atoms with Gasteiger partial charge in [0.15, 0.2) is 0 Å². The Labute approximate surface area is 96.0 Å². The number of aliphatic carboxylic acids is 2. The van der Waals surface area contributed by atoms with Gasteiger partial charge in [-0.1, -0.05) is 33.1 Å². The van der Waals surface area contributed by atoms with Gasteiger partial charge in [0.1, 0.15) is 0 Å². The molecule has 0 bridgehead atoms. The Morgan fingerprint density at radius 1 is 1.19 bits per heavy atom. The standard InChI is InChI=1S/C12H20O4/c1-3-5-6-7-9(4-2)10(12(15)16)8-11(13)14/h8-9H,3-7H2,1-2H3,(H,13,14)(H,15,16)/b10-8-. The number of unbranched alkanes of at least 4 members (excludes halogenated alkanes) is 2. The third kappa shape index (κ3) is 5.53. The van der Waals surface area contributed by atoms with E-state index in [1.165, 1.54) is 0 Å². The van der Waals surface area contributed by atoms with Crippen molar-refractivity contribution in [2.45, 2.75) is 46.0 Å². The van der Waals surface area contributed by atoms with E-state index in [0.29, 0.717) is 6.42 Å². The fraction of sp³-hybridized carbons (Fsp3) is 0.667. The summed E-state index contributed by atoms with van der Waals surface area (Å²) >= 11 is 0. The Kier molecular flexibility index (Phi) is 7.25. The highest BCUT2D eigenvalue weighted by atomic mass is 16.4. The molecule has 0 saturated carbocycles. The Morgan fingerprint density at radius 2 is 1.81 bits per heavy atom. The molecule has 4 nitrogen and oxygen atoms in total. The average molecular weight is 228 g/mol. The van der Waals surface area contributed by atoms with Crippen molar-refractivity contribution in [3.8, 4) is 0 Å². The van der Waals surface area contributed by atoms with Crippen molar-refractivity contribution in [3.63, 3.8) is 0 Å². The summed E-state index contributed by atoms with van der Waals surface area (Å²) < 4.78 is 0. The second-order valence-electron chi connectivity index (χ2n) is 3.84. The Bertz CT molecular complexity index is 268. The molecule has 0 radical (unpaired) electrons. The molecule has 0 aromatic carbocycles. The first-order valence-corrected chi connectivity index (χ1v) is 5.70. The summed E-state index contributed by atoms with van der Waals surface area (Å²) in [5.74, 6) is -2.46. The monoisotopic (exact) mass is 228 g/mol. The number of rotatable bonds is 8. The molecule has 0 rings (SSSR count). The van der Waals surface area contributed by atoms with Gasteiger partial charge >= 0.3 is 11.9 Å². The molecule has 1 atom stereocenters. The van der Waals surface area contributed by atoms with Gasteiger partial charge < -0.3 is 10.2 Å². The molecule has 0 heterocycles. The maximum atomic E-state index is 10.9. The van der Waals surface area contributed by atoms with E-state index in [0.717, 1.165) is 31.8 Å². The molecule has 16 heavy (non-hydrogen) atoms. The van der Waals surface area contributed by atoms with Crippen molar-refractivity contribution in [2.24, 2.45) is 5.92 Å². The van der Waals surface area contributed by atoms with Crippen molar-refractivity contribution >= 4 is 11.9 Å². The molecule has 2 N–H and O–H groups in total. The fourth-order valence-corrected chi connectivity index (χ4v) is 1.71. The Balaban J connectivity index is 4.59. The minimum atomic E-state index is -1.19. The van der Waals surface area contributed by atoms with Gasteiger partial charge in [-0.3, -0.25) is 0 Å². The Morgan fingerprint density at radius 3 is 2.19 bits per heavy atom. The van der Waals surface area contributed by atoms with E-state index < -0.39 is 11.9 Å². The maximum absolute atomic E-state index is 10.9. The molecule has 0 amide bonds. The van der Waals surface area contributed by atoms with E-state index in [4.69, 9.17) is 10.2 Å². The van der Waals surface area contributed by atoms with Crippen molar-refractivity contribution in [1.29, 1.82) is 0 Å². The van der Waals surface area contributed by atoms with E-state index in [1.807, 2.05) is 6.92 Å². The molecule has 0 fully saturated rings. The van der Waals surface area contributed by atoms with Crippen LogP contribution in [0.2, 0.25) is 0 Å². The normalized spacial score (nSPS) is 13.5. The highest BCUT2D eigenvalue weighted by Crippen LogP contribution is 2.22. The molecule has 0 aliphatic carbocycles. The van der Waals surface area contributed by atoms with Gasteiger partial charge in [0.2, 0.25) is 0 Å². The summed E-state index contributed by atoms with van der Waals surface area (Å²) in [7, 11) is 0. The first-order chi connectivity index (χ1) is 7.52. The van der Waals surface area contributed by atoms with Crippen LogP contribution < -0.4 is 0 Å². The SMILES string of the molecule is CCCCCC(CC)/C(=C/C(=O)O)C(=O)O. The van der Waals surface area contributed by atoms with Gasteiger partial charge in [0.05, 0.1) is 0 Å². The van der Waals surface area contributed by atoms with Crippen LogP contribution in [0.25, 0.3) is 0 Å². The second kappa shape index (κ2) is 7.91. The number of carboxylic acids is 2. The average Bonchev–Trinajstić information content (AvgIpc) is 2.21. The quantitative estimate of drug-likeness (QED) is 0.494. The molecule has 0 aliphatic heterocycles. The summed E-state index contributed by atoms with van der Waals surface area (Å²) in [6, 6.07) is 0. The molecule has 0 aromatic heterocycles. The van der Waals surface area contributed by atoms with Crippen LogP contribution in [0.1, 0.15) is 46.0 Å². The van der Waals surface area contributed by atoms with Gasteiger partial charge in [-0.05, 0) is 18.8 Å². The van der Waals surface area contributed by atoms with Gasteiger partial charge in [-0.25, -0.2) is 9.59 Å². The molecular formula is C12H20O4. The summed E-state index contributed by atoms with van der Waals surface area (Å²) in [6.07, 6.45) is 5.30. The highest BCUT2D eigenvalue weighted by Gasteiger charge is 2.19. The first-order valence-electron chi connectivity index (χ1n) is 5.70. The van der Waals surface area contributed by atoms with Crippen molar-refractivity contribution < 1.29 is 19.8 Å². The van der Waals surface area contributed by atoms with Gasteiger partial charge in [-0.15, -0.1) is 0 Å². The zero-order valence-corrected chi connectivity index (χ0v) is 9.90. The predicted molar refractivity (Wildman–Crippen MR) is 61.3 cm³/mol. The molecular weight excluding hydrogens is 208 g/mol. The third-order valence-electron chi connectivity index (χ3n) is 2.61. The van der Waals surface area contributed by atoms with Gasteiger partial charge in [0, 0.05) is 11.6 Å². The van der Waals surface area contributed by atoms with Crippen molar-refractivity contribution in [2.75, 3.05) is 0 Å². The largest absolute Gasteiger partial charge is 0.478 e. The number of carbonyl (C=O) groups is 2. The van der Waals surface area contributed by atoms with Crippen LogP contribution in [0.15, 0.2) is 11.6 Å². The highest BCUT2D eigenvalue weighted by molar-refractivity contribution is 5.95. The predicted octanol–water partition coefficient (Wildman–Crippen LogP) is 2.69. The second-order valence-corrected chi connectivity index (χ2v) is 3.84. The zero-order chi connectivity index (χ0) is 12.6. The van der Waals surface area contributed by atoms with Crippen LogP contribution in [0.3, 0.4) is 0 Å². The van der Waals surface area contributed by atoms with Crippen molar-refractivity contribution in [1.82, 2.24) is 0 Å². The lowest BCUT2D eigenvalue weighted by Crippen LogP contribution is -2.14.